The first-order valence-electron chi connectivity index (χ1n) is 6.33. The molecule has 0 unspecified atom stereocenters. The van der Waals surface area contributed by atoms with Crippen molar-refractivity contribution in [3.8, 4) is 0 Å². The molecule has 3 aliphatic rings. The number of Topliss-reactive ketones (excluding diaryl/α,β-unsaturated/α-hetero) is 1. The molecule has 1 aromatic rings. The lowest BCUT2D eigenvalue weighted by Gasteiger charge is -2.44. The van der Waals surface area contributed by atoms with Crippen molar-refractivity contribution in [1.29, 1.82) is 0 Å². The van der Waals surface area contributed by atoms with Crippen LogP contribution in [0.2, 0.25) is 0 Å². The smallest absolute Gasteiger partial charge is 0.314 e. The second-order valence-electron chi connectivity index (χ2n) is 6.00. The number of fused-ring (bicyclic) bond motifs is 2. The maximum Gasteiger partial charge on any atom is 0.314 e. The molecule has 2 bridgehead atoms. The Bertz CT molecular complexity index is 586. The largest absolute Gasteiger partial charge is 0.469 e. The number of hydrogen-bond donors (Lipinski definition) is 0. The van der Waals surface area contributed by atoms with Crippen molar-refractivity contribution < 1.29 is 18.7 Å². The van der Waals surface area contributed by atoms with E-state index in [9.17, 15) is 9.59 Å². The van der Waals surface area contributed by atoms with E-state index in [-0.39, 0.29) is 23.8 Å². The van der Waals surface area contributed by atoms with Crippen LogP contribution in [-0.4, -0.2) is 17.9 Å². The molecule has 4 atom stereocenters. The minimum atomic E-state index is -0.709. The van der Waals surface area contributed by atoms with E-state index in [0.717, 1.165) is 0 Å². The van der Waals surface area contributed by atoms with Crippen molar-refractivity contribution in [2.45, 2.75) is 32.8 Å². The third-order valence-corrected chi connectivity index (χ3v) is 5.48. The predicted octanol–water partition coefficient (Wildman–Crippen LogP) is 1.98. The Kier molecular flexibility index (Phi) is 1.56. The van der Waals surface area contributed by atoms with E-state index in [4.69, 9.17) is 9.15 Å². The van der Waals surface area contributed by atoms with E-state index in [2.05, 4.69) is 0 Å². The Morgan fingerprint density at radius 1 is 1.39 bits per heavy atom. The minimum absolute atomic E-state index is 0.0449. The lowest BCUT2D eigenvalue weighted by molar-refractivity contribution is -0.161. The van der Waals surface area contributed by atoms with Crippen LogP contribution in [0.4, 0.5) is 0 Å². The maximum absolute atomic E-state index is 12.7. The Hall–Kier alpha value is -1.58. The van der Waals surface area contributed by atoms with E-state index >= 15 is 0 Å². The lowest BCUT2D eigenvalue weighted by atomic mass is 9.56. The molecule has 0 radical (unpaired) electrons. The summed E-state index contributed by atoms with van der Waals surface area (Å²) in [6.07, 6.45) is 2.55. The number of furan rings is 1. The molecule has 4 nitrogen and oxygen atoms in total. The highest BCUT2D eigenvalue weighted by Gasteiger charge is 2.75. The van der Waals surface area contributed by atoms with Crippen LogP contribution in [0.1, 0.15) is 36.4 Å². The summed E-state index contributed by atoms with van der Waals surface area (Å²) in [6.45, 7) is 3.93. The molecule has 4 rings (SSSR count). The summed E-state index contributed by atoms with van der Waals surface area (Å²) >= 11 is 0. The van der Waals surface area contributed by atoms with Crippen molar-refractivity contribution in [1.82, 2.24) is 0 Å². The summed E-state index contributed by atoms with van der Waals surface area (Å²) < 4.78 is 10.8. The molecule has 0 amide bonds. The number of ketones is 1. The topological polar surface area (TPSA) is 56.5 Å². The molecule has 2 heterocycles. The van der Waals surface area contributed by atoms with E-state index in [0.29, 0.717) is 24.2 Å². The normalized spacial score (nSPS) is 44.8. The zero-order valence-corrected chi connectivity index (χ0v) is 10.4. The van der Waals surface area contributed by atoms with Crippen LogP contribution < -0.4 is 0 Å². The second-order valence-corrected chi connectivity index (χ2v) is 6.00. The lowest BCUT2D eigenvalue weighted by Crippen LogP contribution is -2.53. The van der Waals surface area contributed by atoms with Gasteiger partial charge in [0.25, 0.3) is 0 Å². The van der Waals surface area contributed by atoms with Gasteiger partial charge >= 0.3 is 5.97 Å². The summed E-state index contributed by atoms with van der Waals surface area (Å²) in [4.78, 5) is 25.0. The standard InChI is InChI=1S/C14H14O4/c1-7-9-5-13(2)11(15)8-3-4-17-10(8)6-14(7,13)12(16)18-9/h3-4,7,9H,5-6H2,1-2H3/t7-,9+,13+,14+/m1/s1. The molecule has 2 fully saturated rings. The SMILES string of the molecule is C[C@@H]1[C@@H]2C[C@@]3(C)C(=O)c4ccoc4C[C@@]13C(=O)O2. The van der Waals surface area contributed by atoms with Crippen LogP contribution in [0.25, 0.3) is 0 Å². The fraction of sp³-hybridized carbons (Fsp3) is 0.571. The van der Waals surface area contributed by atoms with Crippen LogP contribution in [0.5, 0.6) is 0 Å². The van der Waals surface area contributed by atoms with E-state index in [1.54, 1.807) is 6.07 Å². The molecule has 1 saturated heterocycles. The Morgan fingerprint density at radius 3 is 2.89 bits per heavy atom. The predicted molar refractivity (Wildman–Crippen MR) is 60.9 cm³/mol. The van der Waals surface area contributed by atoms with Crippen molar-refractivity contribution in [2.24, 2.45) is 16.7 Å². The first kappa shape index (κ1) is 10.4. The number of carbonyl (C=O) groups is 2. The highest BCUT2D eigenvalue weighted by atomic mass is 16.6. The maximum atomic E-state index is 12.7. The van der Waals surface area contributed by atoms with Gasteiger partial charge in [-0.3, -0.25) is 9.59 Å². The zero-order valence-electron chi connectivity index (χ0n) is 10.4. The minimum Gasteiger partial charge on any atom is -0.469 e. The molecular weight excluding hydrogens is 232 g/mol. The average Bonchev–Trinajstić information content (AvgIpc) is 2.92. The van der Waals surface area contributed by atoms with Gasteiger partial charge in [0.2, 0.25) is 0 Å². The molecule has 1 spiro atoms. The van der Waals surface area contributed by atoms with Crippen molar-refractivity contribution in [3.63, 3.8) is 0 Å². The number of hydrogen-bond acceptors (Lipinski definition) is 4. The van der Waals surface area contributed by atoms with Gasteiger partial charge in [-0.05, 0) is 12.5 Å². The number of esters is 1. The number of ether oxygens (including phenoxy) is 1. The van der Waals surface area contributed by atoms with Gasteiger partial charge in [0.15, 0.2) is 5.78 Å². The van der Waals surface area contributed by atoms with Gasteiger partial charge in [-0.2, -0.15) is 0 Å². The van der Waals surface area contributed by atoms with Crippen LogP contribution in [0.3, 0.4) is 0 Å². The summed E-state index contributed by atoms with van der Waals surface area (Å²) in [5, 5.41) is 0. The summed E-state index contributed by atoms with van der Waals surface area (Å²) in [5.74, 6) is 0.550. The second kappa shape index (κ2) is 2.71. The van der Waals surface area contributed by atoms with Crippen LogP contribution in [0.15, 0.2) is 16.7 Å². The van der Waals surface area contributed by atoms with Gasteiger partial charge in [-0.1, -0.05) is 13.8 Å². The molecule has 4 heteroatoms. The molecule has 1 aromatic heterocycles. The average molecular weight is 246 g/mol. The van der Waals surface area contributed by atoms with Gasteiger partial charge in [0, 0.05) is 12.3 Å². The summed E-state index contributed by atoms with van der Waals surface area (Å²) in [7, 11) is 0. The van der Waals surface area contributed by atoms with Crippen LogP contribution in [0, 0.1) is 16.7 Å². The van der Waals surface area contributed by atoms with Crippen LogP contribution in [-0.2, 0) is 16.0 Å². The highest BCUT2D eigenvalue weighted by molar-refractivity contribution is 6.07. The van der Waals surface area contributed by atoms with Crippen molar-refractivity contribution in [2.75, 3.05) is 0 Å². The van der Waals surface area contributed by atoms with E-state index in [1.807, 2.05) is 13.8 Å². The monoisotopic (exact) mass is 246 g/mol. The van der Waals surface area contributed by atoms with Gasteiger partial charge in [0.05, 0.1) is 22.7 Å². The van der Waals surface area contributed by atoms with Crippen LogP contribution >= 0.6 is 0 Å². The molecular formula is C14H14O4. The fourth-order valence-corrected chi connectivity index (χ4v) is 4.33. The van der Waals surface area contributed by atoms with E-state index in [1.165, 1.54) is 6.26 Å². The quantitative estimate of drug-likeness (QED) is 0.657. The van der Waals surface area contributed by atoms with Gasteiger partial charge in [0.1, 0.15) is 11.9 Å². The zero-order chi connectivity index (χ0) is 12.7. The summed E-state index contributed by atoms with van der Waals surface area (Å²) in [5.41, 5.74) is -0.682. The Labute approximate surface area is 104 Å². The molecule has 0 aromatic carbocycles. The van der Waals surface area contributed by atoms with Crippen molar-refractivity contribution >= 4 is 11.8 Å². The molecule has 1 saturated carbocycles. The van der Waals surface area contributed by atoms with Crippen molar-refractivity contribution in [3.05, 3.63) is 23.7 Å². The first-order valence-corrected chi connectivity index (χ1v) is 6.33. The van der Waals surface area contributed by atoms with Gasteiger partial charge in [-0.15, -0.1) is 0 Å². The van der Waals surface area contributed by atoms with Gasteiger partial charge < -0.3 is 9.15 Å². The fourth-order valence-electron chi connectivity index (χ4n) is 4.33. The Balaban J connectivity index is 2.01. The highest BCUT2D eigenvalue weighted by Crippen LogP contribution is 2.66. The molecule has 2 aliphatic carbocycles. The Morgan fingerprint density at radius 2 is 2.17 bits per heavy atom. The number of rotatable bonds is 0. The number of carbonyl (C=O) groups excluding carboxylic acids is 2. The van der Waals surface area contributed by atoms with Gasteiger partial charge in [-0.25, -0.2) is 0 Å². The molecule has 94 valence electrons. The summed E-state index contributed by atoms with van der Waals surface area (Å²) in [6, 6.07) is 1.72. The first-order chi connectivity index (χ1) is 8.50. The molecule has 18 heavy (non-hydrogen) atoms. The van der Waals surface area contributed by atoms with E-state index < -0.39 is 10.8 Å². The third-order valence-electron chi connectivity index (χ3n) is 5.48. The third kappa shape index (κ3) is 0.788. The molecule has 0 N–H and O–H groups in total. The molecule has 1 aliphatic heterocycles.